The quantitative estimate of drug-likeness (QED) is 0.616. The van der Waals surface area contributed by atoms with Gasteiger partial charge < -0.3 is 4.42 Å². The van der Waals surface area contributed by atoms with Gasteiger partial charge in [-0.15, -0.1) is 0 Å². The second kappa shape index (κ2) is 2.20. The monoisotopic (exact) mass is 146 g/mol. The smallest absolute Gasteiger partial charge is 0.199 e. The average molecular weight is 146 g/mol. The molecule has 54 valence electrons. The number of aromatic nitrogens is 2. The Morgan fingerprint density at radius 1 is 1.45 bits per heavy atom. The fourth-order valence-electron chi connectivity index (χ4n) is 0.881. The molecule has 11 heavy (non-hydrogen) atoms. The number of oxazole rings is 1. The molecular weight excluding hydrogens is 140 g/mol. The normalized spacial score (nSPS) is 10.2. The zero-order valence-corrected chi connectivity index (χ0v) is 5.82. The van der Waals surface area contributed by atoms with Crippen LogP contribution in [0.5, 0.6) is 0 Å². The average Bonchev–Trinajstić information content (AvgIpc) is 2.50. The highest BCUT2D eigenvalue weighted by Crippen LogP contribution is 2.10. The molecule has 0 aliphatic heterocycles. The van der Waals surface area contributed by atoms with E-state index in [0.717, 1.165) is 5.69 Å². The van der Waals surface area contributed by atoms with E-state index in [2.05, 4.69) is 16.5 Å². The maximum atomic E-state index is 5.01. The van der Waals surface area contributed by atoms with Crippen LogP contribution in [0, 0.1) is 0 Å². The SMILES string of the molecule is C=Cc1ccc2ocnc2n1. The van der Waals surface area contributed by atoms with Gasteiger partial charge in [0.15, 0.2) is 17.6 Å². The minimum atomic E-state index is 0.627. The van der Waals surface area contributed by atoms with Crippen molar-refractivity contribution in [3.8, 4) is 0 Å². The summed E-state index contributed by atoms with van der Waals surface area (Å²) in [5.41, 5.74) is 2.14. The Balaban J connectivity index is 2.76. The van der Waals surface area contributed by atoms with Crippen molar-refractivity contribution in [3.63, 3.8) is 0 Å². The van der Waals surface area contributed by atoms with Gasteiger partial charge in [0.2, 0.25) is 0 Å². The van der Waals surface area contributed by atoms with Gasteiger partial charge in [-0.1, -0.05) is 6.58 Å². The Morgan fingerprint density at radius 2 is 2.36 bits per heavy atom. The molecule has 3 heteroatoms. The molecule has 0 N–H and O–H groups in total. The van der Waals surface area contributed by atoms with Crippen LogP contribution in [0.1, 0.15) is 5.69 Å². The molecule has 0 atom stereocenters. The molecule has 0 saturated heterocycles. The van der Waals surface area contributed by atoms with Gasteiger partial charge in [0.25, 0.3) is 0 Å². The molecule has 2 rings (SSSR count). The molecule has 0 aromatic carbocycles. The third-order valence-corrected chi connectivity index (χ3v) is 1.42. The molecule has 0 aliphatic carbocycles. The standard InChI is InChI=1S/C8H6N2O/c1-2-6-3-4-7-8(10-6)9-5-11-7/h2-5H,1H2. The minimum Gasteiger partial charge on any atom is -0.442 e. The van der Waals surface area contributed by atoms with E-state index >= 15 is 0 Å². The summed E-state index contributed by atoms with van der Waals surface area (Å²) < 4.78 is 5.01. The minimum absolute atomic E-state index is 0.627. The summed E-state index contributed by atoms with van der Waals surface area (Å²) in [5, 5.41) is 0. The van der Waals surface area contributed by atoms with Gasteiger partial charge in [0, 0.05) is 0 Å². The van der Waals surface area contributed by atoms with E-state index in [1.54, 1.807) is 6.08 Å². The van der Waals surface area contributed by atoms with Crippen LogP contribution in [-0.4, -0.2) is 9.97 Å². The molecular formula is C8H6N2O. The summed E-state index contributed by atoms with van der Waals surface area (Å²) >= 11 is 0. The Hall–Kier alpha value is -1.64. The van der Waals surface area contributed by atoms with Crippen molar-refractivity contribution in [1.82, 2.24) is 9.97 Å². The van der Waals surface area contributed by atoms with E-state index in [4.69, 9.17) is 4.42 Å². The first-order valence-electron chi connectivity index (χ1n) is 3.23. The lowest BCUT2D eigenvalue weighted by atomic mass is 10.3. The highest BCUT2D eigenvalue weighted by molar-refractivity contribution is 5.68. The third kappa shape index (κ3) is 0.902. The Bertz CT molecular complexity index is 392. The maximum Gasteiger partial charge on any atom is 0.199 e. The van der Waals surface area contributed by atoms with Gasteiger partial charge in [0.05, 0.1) is 5.69 Å². The molecule has 2 heterocycles. The number of nitrogens with zero attached hydrogens (tertiary/aromatic N) is 2. The van der Waals surface area contributed by atoms with Crippen LogP contribution in [-0.2, 0) is 0 Å². The summed E-state index contributed by atoms with van der Waals surface area (Å²) in [6.45, 7) is 3.60. The topological polar surface area (TPSA) is 38.9 Å². The lowest BCUT2D eigenvalue weighted by Crippen LogP contribution is -1.79. The van der Waals surface area contributed by atoms with Gasteiger partial charge in [-0.3, -0.25) is 0 Å². The van der Waals surface area contributed by atoms with Crippen LogP contribution in [0.2, 0.25) is 0 Å². The molecule has 0 radical (unpaired) electrons. The van der Waals surface area contributed by atoms with Gasteiger partial charge in [-0.2, -0.15) is 4.98 Å². The number of rotatable bonds is 1. The van der Waals surface area contributed by atoms with Crippen LogP contribution < -0.4 is 0 Å². The predicted octanol–water partition coefficient (Wildman–Crippen LogP) is 1.87. The molecule has 0 spiro atoms. The van der Waals surface area contributed by atoms with Crippen molar-refractivity contribution in [1.29, 1.82) is 0 Å². The maximum absolute atomic E-state index is 5.01. The Morgan fingerprint density at radius 3 is 3.18 bits per heavy atom. The predicted molar refractivity (Wildman–Crippen MR) is 41.9 cm³/mol. The molecule has 0 amide bonds. The molecule has 2 aromatic rings. The zero-order chi connectivity index (χ0) is 7.68. The van der Waals surface area contributed by atoms with E-state index in [1.165, 1.54) is 6.39 Å². The van der Waals surface area contributed by atoms with Crippen LogP contribution in [0.25, 0.3) is 17.3 Å². The van der Waals surface area contributed by atoms with Crippen molar-refractivity contribution < 1.29 is 4.42 Å². The Kier molecular flexibility index (Phi) is 1.22. The summed E-state index contributed by atoms with van der Waals surface area (Å²) in [6, 6.07) is 3.66. The fraction of sp³-hybridized carbons (Fsp3) is 0. The van der Waals surface area contributed by atoms with Crippen molar-refractivity contribution in [3.05, 3.63) is 30.8 Å². The third-order valence-electron chi connectivity index (χ3n) is 1.42. The number of fused-ring (bicyclic) bond motifs is 1. The fourth-order valence-corrected chi connectivity index (χ4v) is 0.881. The first-order valence-corrected chi connectivity index (χ1v) is 3.23. The molecule has 0 unspecified atom stereocenters. The summed E-state index contributed by atoms with van der Waals surface area (Å²) in [7, 11) is 0. The molecule has 3 nitrogen and oxygen atoms in total. The summed E-state index contributed by atoms with van der Waals surface area (Å²) in [4.78, 5) is 8.03. The van der Waals surface area contributed by atoms with Crippen molar-refractivity contribution in [2.45, 2.75) is 0 Å². The highest BCUT2D eigenvalue weighted by atomic mass is 16.3. The highest BCUT2D eigenvalue weighted by Gasteiger charge is 1.97. The lowest BCUT2D eigenvalue weighted by molar-refractivity contribution is 0.602. The number of pyridine rings is 1. The van der Waals surface area contributed by atoms with E-state index in [9.17, 15) is 0 Å². The van der Waals surface area contributed by atoms with E-state index < -0.39 is 0 Å². The van der Waals surface area contributed by atoms with E-state index in [1.807, 2.05) is 12.1 Å². The number of hydrogen-bond donors (Lipinski definition) is 0. The van der Waals surface area contributed by atoms with Gasteiger partial charge >= 0.3 is 0 Å². The summed E-state index contributed by atoms with van der Waals surface area (Å²) in [6.07, 6.45) is 3.05. The molecule has 0 saturated carbocycles. The molecule has 2 aromatic heterocycles. The van der Waals surface area contributed by atoms with Crippen molar-refractivity contribution in [2.75, 3.05) is 0 Å². The Labute approximate surface area is 63.4 Å². The molecule has 0 bridgehead atoms. The van der Waals surface area contributed by atoms with Gasteiger partial charge in [0.1, 0.15) is 0 Å². The second-order valence-electron chi connectivity index (χ2n) is 2.11. The first-order chi connectivity index (χ1) is 5.40. The van der Waals surface area contributed by atoms with Crippen molar-refractivity contribution in [2.24, 2.45) is 0 Å². The van der Waals surface area contributed by atoms with Crippen molar-refractivity contribution >= 4 is 17.3 Å². The van der Waals surface area contributed by atoms with Crippen LogP contribution >= 0.6 is 0 Å². The largest absolute Gasteiger partial charge is 0.442 e. The van der Waals surface area contributed by atoms with E-state index in [-0.39, 0.29) is 0 Å². The molecule has 0 fully saturated rings. The van der Waals surface area contributed by atoms with Crippen LogP contribution in [0.4, 0.5) is 0 Å². The van der Waals surface area contributed by atoms with Gasteiger partial charge in [-0.05, 0) is 18.2 Å². The second-order valence-corrected chi connectivity index (χ2v) is 2.11. The first kappa shape index (κ1) is 6.09. The van der Waals surface area contributed by atoms with E-state index in [0.29, 0.717) is 11.2 Å². The van der Waals surface area contributed by atoms with Crippen LogP contribution in [0.15, 0.2) is 29.5 Å². The summed E-state index contributed by atoms with van der Waals surface area (Å²) in [5.74, 6) is 0. The van der Waals surface area contributed by atoms with Gasteiger partial charge in [-0.25, -0.2) is 4.98 Å². The van der Waals surface area contributed by atoms with Crippen LogP contribution in [0.3, 0.4) is 0 Å². The molecule has 0 aliphatic rings. The zero-order valence-electron chi connectivity index (χ0n) is 5.82. The lowest BCUT2D eigenvalue weighted by Gasteiger charge is -1.88. The number of hydrogen-bond acceptors (Lipinski definition) is 3.